The molecule has 1 aromatic heterocycles. The zero-order valence-corrected chi connectivity index (χ0v) is 15.2. The van der Waals surface area contributed by atoms with E-state index >= 15 is 0 Å². The van der Waals surface area contributed by atoms with Gasteiger partial charge in [-0.25, -0.2) is 9.86 Å². The van der Waals surface area contributed by atoms with Crippen LogP contribution in [0, 0.1) is 0 Å². The van der Waals surface area contributed by atoms with Crippen molar-refractivity contribution in [2.75, 3.05) is 20.3 Å². The highest BCUT2D eigenvalue weighted by Gasteiger charge is 2.26. The zero-order valence-electron chi connectivity index (χ0n) is 15.2. The number of carbonyl (C=O) groups is 2. The van der Waals surface area contributed by atoms with Crippen LogP contribution in [0.1, 0.15) is 31.1 Å². The van der Waals surface area contributed by atoms with E-state index in [1.807, 2.05) is 39.0 Å². The topological polar surface area (TPSA) is 91.1 Å². The monoisotopic (exact) mass is 362 g/mol. The summed E-state index contributed by atoms with van der Waals surface area (Å²) in [7, 11) is 1.26. The van der Waals surface area contributed by atoms with Crippen molar-refractivity contribution in [2.45, 2.75) is 26.4 Å². The summed E-state index contributed by atoms with van der Waals surface area (Å²) in [5.74, 6) is -0.374. The number of hydrogen-bond donors (Lipinski definition) is 0. The Labute approximate surface area is 151 Å². The molecule has 2 aromatic rings. The lowest BCUT2D eigenvalue weighted by Crippen LogP contribution is -2.35. The first kappa shape index (κ1) is 19.5. The molecule has 1 aromatic carbocycles. The number of benzene rings is 1. The fourth-order valence-corrected chi connectivity index (χ4v) is 2.15. The van der Waals surface area contributed by atoms with E-state index in [0.29, 0.717) is 12.0 Å². The number of rotatable bonds is 8. The first-order valence-corrected chi connectivity index (χ1v) is 8.03. The lowest BCUT2D eigenvalue weighted by atomic mass is 10.1. The molecular formula is C18H22N2O6. The predicted octanol–water partition coefficient (Wildman–Crippen LogP) is 2.70. The van der Waals surface area contributed by atoms with Crippen LogP contribution in [0.3, 0.4) is 0 Å². The van der Waals surface area contributed by atoms with Gasteiger partial charge >= 0.3 is 5.97 Å². The summed E-state index contributed by atoms with van der Waals surface area (Å²) in [5, 5.41) is 4.93. The molecule has 0 saturated carbocycles. The number of methoxy groups -OCH3 is 1. The molecule has 0 N–H and O–H groups in total. The molecule has 0 aliphatic rings. The van der Waals surface area contributed by atoms with Crippen molar-refractivity contribution >= 4 is 12.4 Å². The molecule has 1 amide bonds. The Morgan fingerprint density at radius 1 is 1.27 bits per heavy atom. The van der Waals surface area contributed by atoms with E-state index in [4.69, 9.17) is 18.8 Å². The fraction of sp³-hybridized carbons (Fsp3) is 0.389. The molecule has 0 bridgehead atoms. The van der Waals surface area contributed by atoms with E-state index in [0.717, 1.165) is 5.06 Å². The zero-order chi connectivity index (χ0) is 19.2. The number of amides is 1. The first-order valence-electron chi connectivity index (χ1n) is 8.03. The van der Waals surface area contributed by atoms with E-state index < -0.39 is 11.6 Å². The van der Waals surface area contributed by atoms with Crippen LogP contribution in [0.2, 0.25) is 0 Å². The van der Waals surface area contributed by atoms with Crippen LogP contribution < -0.4 is 4.74 Å². The van der Waals surface area contributed by atoms with Gasteiger partial charge in [-0.1, -0.05) is 30.3 Å². The van der Waals surface area contributed by atoms with Crippen LogP contribution in [0.25, 0.3) is 11.3 Å². The maximum absolute atomic E-state index is 12.1. The minimum absolute atomic E-state index is 0.00249. The van der Waals surface area contributed by atoms with Gasteiger partial charge in [-0.15, -0.1) is 0 Å². The average molecular weight is 362 g/mol. The molecule has 0 atom stereocenters. The normalized spacial score (nSPS) is 11.1. The Bertz CT molecular complexity index is 736. The van der Waals surface area contributed by atoms with Crippen molar-refractivity contribution in [3.63, 3.8) is 0 Å². The Hall–Kier alpha value is -2.87. The molecule has 0 radical (unpaired) electrons. The fourth-order valence-electron chi connectivity index (χ4n) is 2.15. The van der Waals surface area contributed by atoms with Crippen molar-refractivity contribution in [3.8, 4) is 17.2 Å². The molecule has 140 valence electrons. The van der Waals surface area contributed by atoms with E-state index in [1.54, 1.807) is 12.1 Å². The van der Waals surface area contributed by atoms with Gasteiger partial charge in [0.05, 0.1) is 19.3 Å². The molecule has 8 heteroatoms. The summed E-state index contributed by atoms with van der Waals surface area (Å²) in [6.07, 6.45) is 0.564. The van der Waals surface area contributed by atoms with Crippen LogP contribution in [0.5, 0.6) is 5.88 Å². The standard InChI is InChI=1S/C18H22N2O6/c1-18(2,3)26-20(12-21)10-11-24-16-14(17(22)23-4)15(25-19-16)13-8-6-5-7-9-13/h5-9,12H,10-11H2,1-4H3. The van der Waals surface area contributed by atoms with Gasteiger partial charge in [-0.2, -0.15) is 0 Å². The molecule has 1 heterocycles. The van der Waals surface area contributed by atoms with E-state index in [-0.39, 0.29) is 30.4 Å². The van der Waals surface area contributed by atoms with Crippen LogP contribution in [0.4, 0.5) is 0 Å². The Morgan fingerprint density at radius 3 is 2.54 bits per heavy atom. The van der Waals surface area contributed by atoms with Crippen molar-refractivity contribution < 1.29 is 28.4 Å². The third-order valence-corrected chi connectivity index (χ3v) is 3.15. The number of hydroxylamine groups is 2. The Balaban J connectivity index is 2.13. The van der Waals surface area contributed by atoms with Gasteiger partial charge in [-0.3, -0.25) is 9.63 Å². The summed E-state index contributed by atoms with van der Waals surface area (Å²) >= 11 is 0. The summed E-state index contributed by atoms with van der Waals surface area (Å²) < 4.78 is 15.6. The number of ether oxygens (including phenoxy) is 2. The van der Waals surface area contributed by atoms with E-state index in [9.17, 15) is 9.59 Å². The molecule has 8 nitrogen and oxygen atoms in total. The van der Waals surface area contributed by atoms with Gasteiger partial charge in [-0.05, 0) is 25.9 Å². The third-order valence-electron chi connectivity index (χ3n) is 3.15. The van der Waals surface area contributed by atoms with Gasteiger partial charge in [0.1, 0.15) is 6.61 Å². The van der Waals surface area contributed by atoms with E-state index in [2.05, 4.69) is 5.16 Å². The van der Waals surface area contributed by atoms with Gasteiger partial charge in [0, 0.05) is 5.56 Å². The molecule has 0 fully saturated rings. The maximum atomic E-state index is 12.1. The van der Waals surface area contributed by atoms with Crippen LogP contribution in [0.15, 0.2) is 34.9 Å². The molecule has 0 spiro atoms. The molecule has 0 saturated heterocycles. The molecule has 0 aliphatic carbocycles. The minimum atomic E-state index is -0.627. The highest BCUT2D eigenvalue weighted by Crippen LogP contribution is 2.31. The first-order chi connectivity index (χ1) is 12.4. The number of esters is 1. The highest BCUT2D eigenvalue weighted by atomic mass is 16.7. The molecule has 26 heavy (non-hydrogen) atoms. The largest absolute Gasteiger partial charge is 0.473 e. The summed E-state index contributed by atoms with van der Waals surface area (Å²) in [4.78, 5) is 28.7. The molecule has 0 unspecified atom stereocenters. The molecule has 0 aliphatic heterocycles. The maximum Gasteiger partial charge on any atom is 0.347 e. The Kier molecular flexibility index (Phi) is 6.35. The second kappa shape index (κ2) is 8.48. The lowest BCUT2D eigenvalue weighted by Gasteiger charge is -2.26. The number of carbonyl (C=O) groups excluding carboxylic acids is 2. The van der Waals surface area contributed by atoms with Crippen LogP contribution >= 0.6 is 0 Å². The smallest absolute Gasteiger partial charge is 0.347 e. The molecular weight excluding hydrogens is 340 g/mol. The average Bonchev–Trinajstić information content (AvgIpc) is 3.03. The predicted molar refractivity (Wildman–Crippen MR) is 92.4 cm³/mol. The quantitative estimate of drug-likeness (QED) is 0.405. The third kappa shape index (κ3) is 5.06. The molecule has 2 rings (SSSR count). The van der Waals surface area contributed by atoms with Crippen LogP contribution in [-0.2, 0) is 14.4 Å². The lowest BCUT2D eigenvalue weighted by molar-refractivity contribution is -0.217. The number of aromatic nitrogens is 1. The summed E-state index contributed by atoms with van der Waals surface area (Å²) in [6, 6.07) is 9.03. The SMILES string of the molecule is COC(=O)c1c(OCCN(C=O)OC(C)(C)C)noc1-c1ccccc1. The van der Waals surface area contributed by atoms with Gasteiger partial charge in [0.25, 0.3) is 5.88 Å². The second-order valence-corrected chi connectivity index (χ2v) is 6.35. The summed E-state index contributed by atoms with van der Waals surface area (Å²) in [6.45, 7) is 5.67. The van der Waals surface area contributed by atoms with Crippen molar-refractivity contribution in [3.05, 3.63) is 35.9 Å². The van der Waals surface area contributed by atoms with Gasteiger partial charge in [0.15, 0.2) is 11.3 Å². The Morgan fingerprint density at radius 2 is 1.96 bits per heavy atom. The van der Waals surface area contributed by atoms with Crippen LogP contribution in [-0.4, -0.2) is 48.5 Å². The van der Waals surface area contributed by atoms with Gasteiger partial charge < -0.3 is 14.0 Å². The second-order valence-electron chi connectivity index (χ2n) is 6.35. The summed E-state index contributed by atoms with van der Waals surface area (Å²) in [5.41, 5.74) is 0.237. The number of nitrogens with zero attached hydrogens (tertiary/aromatic N) is 2. The highest BCUT2D eigenvalue weighted by molar-refractivity contribution is 5.97. The van der Waals surface area contributed by atoms with E-state index in [1.165, 1.54) is 7.11 Å². The van der Waals surface area contributed by atoms with Gasteiger partial charge in [0.2, 0.25) is 6.41 Å². The number of hydrogen-bond acceptors (Lipinski definition) is 7. The minimum Gasteiger partial charge on any atom is -0.473 e. The van der Waals surface area contributed by atoms with Crippen molar-refractivity contribution in [1.29, 1.82) is 0 Å². The van der Waals surface area contributed by atoms with Crippen molar-refractivity contribution in [1.82, 2.24) is 10.2 Å². The van der Waals surface area contributed by atoms with Crippen molar-refractivity contribution in [2.24, 2.45) is 0 Å².